The maximum atomic E-state index is 11.1. The van der Waals surface area contributed by atoms with Gasteiger partial charge >= 0.3 is 5.97 Å². The lowest BCUT2D eigenvalue weighted by molar-refractivity contribution is -0.158. The molecule has 0 aliphatic rings. The van der Waals surface area contributed by atoms with Gasteiger partial charge in [0.1, 0.15) is 0 Å². The Balaban J connectivity index is 3.94. The number of rotatable bonds is 5. The van der Waals surface area contributed by atoms with Gasteiger partial charge in [0.15, 0.2) is 5.60 Å². The van der Waals surface area contributed by atoms with Gasteiger partial charge in [-0.25, -0.2) is 4.79 Å². The van der Waals surface area contributed by atoms with Gasteiger partial charge in [-0.2, -0.15) is 11.8 Å². The van der Waals surface area contributed by atoms with Gasteiger partial charge in [-0.15, -0.1) is 0 Å². The van der Waals surface area contributed by atoms with Crippen LogP contribution in [0.5, 0.6) is 0 Å². The third-order valence-corrected chi connectivity index (χ3v) is 3.20. The maximum Gasteiger partial charge on any atom is 0.338 e. The van der Waals surface area contributed by atoms with Crippen LogP contribution in [0.3, 0.4) is 0 Å². The average Bonchev–Trinajstić information content (AvgIpc) is 2.00. The Morgan fingerprint density at radius 3 is 2.29 bits per heavy atom. The van der Waals surface area contributed by atoms with Crippen molar-refractivity contribution in [3.63, 3.8) is 0 Å². The smallest absolute Gasteiger partial charge is 0.338 e. The predicted molar refractivity (Wildman–Crippen MR) is 58.2 cm³/mol. The van der Waals surface area contributed by atoms with Gasteiger partial charge in [0.05, 0.1) is 7.11 Å². The average molecular weight is 221 g/mol. The highest BCUT2D eigenvalue weighted by molar-refractivity contribution is 7.99. The van der Waals surface area contributed by atoms with E-state index in [9.17, 15) is 9.90 Å². The zero-order valence-electron chi connectivity index (χ0n) is 9.16. The molecule has 1 atom stereocenters. The van der Waals surface area contributed by atoms with Crippen molar-refractivity contribution in [1.29, 1.82) is 0 Å². The van der Waals surface area contributed by atoms with E-state index in [0.717, 1.165) is 0 Å². The Morgan fingerprint density at radius 2 is 1.93 bits per heavy atom. The fourth-order valence-electron chi connectivity index (χ4n) is 0.792. The summed E-state index contributed by atoms with van der Waals surface area (Å²) in [5.41, 5.74) is 4.03. The van der Waals surface area contributed by atoms with E-state index in [-0.39, 0.29) is 5.54 Å². The number of aliphatic hydroxyl groups is 1. The van der Waals surface area contributed by atoms with Gasteiger partial charge in [-0.3, -0.25) is 0 Å². The van der Waals surface area contributed by atoms with E-state index in [1.54, 1.807) is 0 Å². The summed E-state index contributed by atoms with van der Waals surface area (Å²) in [6, 6.07) is 0. The molecule has 0 saturated carbocycles. The number of methoxy groups -OCH3 is 1. The largest absolute Gasteiger partial charge is 0.467 e. The number of esters is 1. The highest BCUT2D eigenvalue weighted by atomic mass is 32.2. The summed E-state index contributed by atoms with van der Waals surface area (Å²) < 4.78 is 4.46. The summed E-state index contributed by atoms with van der Waals surface area (Å²) in [5, 5.41) is 9.64. The van der Waals surface area contributed by atoms with Crippen LogP contribution in [-0.2, 0) is 9.53 Å². The van der Waals surface area contributed by atoms with Crippen LogP contribution < -0.4 is 5.73 Å². The molecule has 0 heterocycles. The Bertz CT molecular complexity index is 199. The predicted octanol–water partition coefficient (Wildman–Crippen LogP) is 0.381. The molecule has 0 aromatic heterocycles. The minimum absolute atomic E-state index is 0.292. The van der Waals surface area contributed by atoms with Gasteiger partial charge < -0.3 is 15.6 Å². The van der Waals surface area contributed by atoms with Gasteiger partial charge in [0.25, 0.3) is 0 Å². The monoisotopic (exact) mass is 221 g/mol. The van der Waals surface area contributed by atoms with Crippen LogP contribution in [0.25, 0.3) is 0 Å². The standard InChI is InChI=1S/C9H19NO3S/c1-8(2,10)5-14-6-9(3,12)7(11)13-4/h12H,5-6,10H2,1-4H3. The molecule has 0 radical (unpaired) electrons. The lowest BCUT2D eigenvalue weighted by Crippen LogP contribution is -2.41. The molecule has 14 heavy (non-hydrogen) atoms. The number of ether oxygens (including phenoxy) is 1. The topological polar surface area (TPSA) is 72.5 Å². The molecule has 0 bridgehead atoms. The zero-order valence-corrected chi connectivity index (χ0v) is 9.98. The van der Waals surface area contributed by atoms with E-state index < -0.39 is 11.6 Å². The zero-order chi connectivity index (χ0) is 11.4. The second-order valence-electron chi connectivity index (χ2n) is 4.25. The molecule has 0 spiro atoms. The fourth-order valence-corrected chi connectivity index (χ4v) is 1.94. The van der Waals surface area contributed by atoms with E-state index in [1.807, 2.05) is 13.8 Å². The third kappa shape index (κ3) is 5.47. The van der Waals surface area contributed by atoms with Gasteiger partial charge in [0, 0.05) is 17.0 Å². The van der Waals surface area contributed by atoms with Crippen molar-refractivity contribution in [2.75, 3.05) is 18.6 Å². The van der Waals surface area contributed by atoms with Crippen molar-refractivity contribution < 1.29 is 14.6 Å². The van der Waals surface area contributed by atoms with E-state index in [2.05, 4.69) is 4.74 Å². The maximum absolute atomic E-state index is 11.1. The van der Waals surface area contributed by atoms with E-state index in [0.29, 0.717) is 11.5 Å². The molecule has 1 unspecified atom stereocenters. The van der Waals surface area contributed by atoms with Crippen LogP contribution in [0.2, 0.25) is 0 Å². The number of nitrogens with two attached hydrogens (primary N) is 1. The molecule has 0 saturated heterocycles. The molecule has 0 rings (SSSR count). The van der Waals surface area contributed by atoms with Crippen LogP contribution in [0.1, 0.15) is 20.8 Å². The van der Waals surface area contributed by atoms with Crippen molar-refractivity contribution in [3.05, 3.63) is 0 Å². The van der Waals surface area contributed by atoms with Gasteiger partial charge in [0.2, 0.25) is 0 Å². The summed E-state index contributed by atoms with van der Waals surface area (Å²) in [5.74, 6) is 0.361. The van der Waals surface area contributed by atoms with Crippen molar-refractivity contribution >= 4 is 17.7 Å². The highest BCUT2D eigenvalue weighted by Crippen LogP contribution is 2.17. The first-order valence-corrected chi connectivity index (χ1v) is 5.52. The van der Waals surface area contributed by atoms with Crippen molar-refractivity contribution in [2.45, 2.75) is 31.9 Å². The fraction of sp³-hybridized carbons (Fsp3) is 0.889. The molecule has 0 aromatic carbocycles. The molecule has 0 amide bonds. The first-order chi connectivity index (χ1) is 6.19. The Kier molecular flexibility index (Phi) is 4.91. The first kappa shape index (κ1) is 13.7. The summed E-state index contributed by atoms with van der Waals surface area (Å²) >= 11 is 1.43. The Labute approximate surface area is 89.2 Å². The molecule has 3 N–H and O–H groups in total. The summed E-state index contributed by atoms with van der Waals surface area (Å²) in [6.45, 7) is 5.23. The Morgan fingerprint density at radius 1 is 1.43 bits per heavy atom. The minimum Gasteiger partial charge on any atom is -0.467 e. The van der Waals surface area contributed by atoms with Crippen LogP contribution in [0, 0.1) is 0 Å². The molecule has 0 aliphatic heterocycles. The van der Waals surface area contributed by atoms with Gasteiger partial charge in [-0.1, -0.05) is 0 Å². The normalized spacial score (nSPS) is 16.1. The third-order valence-electron chi connectivity index (χ3n) is 1.48. The number of carbonyl (C=O) groups excluding carboxylic acids is 1. The molecule has 5 heteroatoms. The minimum atomic E-state index is -1.43. The molecular formula is C9H19NO3S. The lowest BCUT2D eigenvalue weighted by Gasteiger charge is -2.23. The van der Waals surface area contributed by atoms with Crippen molar-refractivity contribution in [3.8, 4) is 0 Å². The number of hydrogen-bond donors (Lipinski definition) is 2. The second-order valence-corrected chi connectivity index (χ2v) is 5.23. The molecule has 0 aliphatic carbocycles. The van der Waals surface area contributed by atoms with Crippen LogP contribution in [-0.4, -0.2) is 40.8 Å². The summed E-state index contributed by atoms with van der Waals surface area (Å²) in [4.78, 5) is 11.1. The molecule has 84 valence electrons. The molecule has 0 aromatic rings. The van der Waals surface area contributed by atoms with Gasteiger partial charge in [-0.05, 0) is 20.8 Å². The van der Waals surface area contributed by atoms with E-state index >= 15 is 0 Å². The number of thioether (sulfide) groups is 1. The van der Waals surface area contributed by atoms with Crippen LogP contribution >= 0.6 is 11.8 Å². The second kappa shape index (κ2) is 5.00. The Hall–Kier alpha value is -0.260. The van der Waals surface area contributed by atoms with Crippen molar-refractivity contribution in [2.24, 2.45) is 5.73 Å². The van der Waals surface area contributed by atoms with E-state index in [4.69, 9.17) is 5.73 Å². The van der Waals surface area contributed by atoms with E-state index in [1.165, 1.54) is 25.8 Å². The first-order valence-electron chi connectivity index (χ1n) is 4.36. The SMILES string of the molecule is COC(=O)C(C)(O)CSCC(C)(C)N. The summed E-state index contributed by atoms with van der Waals surface area (Å²) in [6.07, 6.45) is 0. The highest BCUT2D eigenvalue weighted by Gasteiger charge is 2.31. The lowest BCUT2D eigenvalue weighted by atomic mass is 10.1. The molecular weight excluding hydrogens is 202 g/mol. The van der Waals surface area contributed by atoms with Crippen LogP contribution in [0.4, 0.5) is 0 Å². The van der Waals surface area contributed by atoms with Crippen molar-refractivity contribution in [1.82, 2.24) is 0 Å². The molecule has 0 fully saturated rings. The molecule has 4 nitrogen and oxygen atoms in total. The quantitative estimate of drug-likeness (QED) is 0.657. The van der Waals surface area contributed by atoms with Crippen LogP contribution in [0.15, 0.2) is 0 Å². The summed E-state index contributed by atoms with van der Waals surface area (Å²) in [7, 11) is 1.26. The number of carbonyl (C=O) groups is 1. The number of hydrogen-bond acceptors (Lipinski definition) is 5.